The van der Waals surface area contributed by atoms with Gasteiger partial charge in [-0.1, -0.05) is 18.2 Å². The summed E-state index contributed by atoms with van der Waals surface area (Å²) in [5.41, 5.74) is 2.39. The van der Waals surface area contributed by atoms with Crippen LogP contribution in [0.3, 0.4) is 0 Å². The average Bonchev–Trinajstić information content (AvgIpc) is 3.25. The van der Waals surface area contributed by atoms with Crippen LogP contribution in [0.5, 0.6) is 0 Å². The molecule has 1 aromatic carbocycles. The lowest BCUT2D eigenvalue weighted by Crippen LogP contribution is -2.26. The van der Waals surface area contributed by atoms with Crippen molar-refractivity contribution in [1.82, 2.24) is 15.1 Å². The number of nitrogens with one attached hydrogen (secondary N) is 1. The van der Waals surface area contributed by atoms with Crippen LogP contribution >= 0.6 is 11.8 Å². The first-order chi connectivity index (χ1) is 11.8. The molecule has 0 spiro atoms. The Hall–Kier alpha value is -2.47. The molecule has 0 aliphatic rings. The van der Waals surface area contributed by atoms with Crippen molar-refractivity contribution >= 4 is 17.7 Å². The molecule has 0 bridgehead atoms. The number of furan rings is 1. The molecule has 2 heterocycles. The monoisotopic (exact) mass is 341 g/mol. The van der Waals surface area contributed by atoms with E-state index in [1.807, 2.05) is 49.4 Å². The summed E-state index contributed by atoms with van der Waals surface area (Å²) < 4.78 is 7.05. The Bertz CT molecular complexity index is 782. The Morgan fingerprint density at radius 3 is 2.83 bits per heavy atom. The molecule has 3 rings (SSSR count). The van der Waals surface area contributed by atoms with Crippen molar-refractivity contribution in [1.29, 1.82) is 0 Å². The highest BCUT2D eigenvalue weighted by Gasteiger charge is 2.14. The number of hydrogen-bond donors (Lipinski definition) is 1. The molecule has 0 saturated heterocycles. The Labute approximate surface area is 145 Å². The minimum absolute atomic E-state index is 0.0896. The number of nitrogens with zero attached hydrogens (tertiary/aromatic N) is 2. The zero-order valence-corrected chi connectivity index (χ0v) is 14.3. The van der Waals surface area contributed by atoms with Gasteiger partial charge in [-0.05, 0) is 31.2 Å². The summed E-state index contributed by atoms with van der Waals surface area (Å²) in [7, 11) is 0. The van der Waals surface area contributed by atoms with Crippen molar-refractivity contribution in [2.24, 2.45) is 0 Å². The topological polar surface area (TPSA) is 60.1 Å². The fourth-order valence-electron chi connectivity index (χ4n) is 2.36. The predicted octanol–water partition coefficient (Wildman–Crippen LogP) is 3.44. The van der Waals surface area contributed by atoms with Crippen molar-refractivity contribution < 1.29 is 9.21 Å². The van der Waals surface area contributed by atoms with E-state index < -0.39 is 0 Å². The third-order valence-electron chi connectivity index (χ3n) is 3.61. The van der Waals surface area contributed by atoms with E-state index in [9.17, 15) is 4.79 Å². The molecule has 124 valence electrons. The number of carbonyl (C=O) groups is 1. The lowest BCUT2D eigenvalue weighted by Gasteiger charge is -2.06. The van der Waals surface area contributed by atoms with E-state index in [0.717, 1.165) is 28.6 Å². The largest absolute Gasteiger partial charge is 0.468 e. The van der Waals surface area contributed by atoms with E-state index in [2.05, 4.69) is 10.4 Å². The highest BCUT2D eigenvalue weighted by molar-refractivity contribution is 7.98. The fraction of sp³-hybridized carbons (Fsp3) is 0.222. The molecule has 1 N–H and O–H groups in total. The van der Waals surface area contributed by atoms with Gasteiger partial charge < -0.3 is 9.73 Å². The third kappa shape index (κ3) is 3.89. The van der Waals surface area contributed by atoms with Crippen molar-refractivity contribution in [3.63, 3.8) is 0 Å². The summed E-state index contributed by atoms with van der Waals surface area (Å²) >= 11 is 1.73. The number of para-hydroxylation sites is 1. The zero-order valence-electron chi connectivity index (χ0n) is 13.4. The maximum absolute atomic E-state index is 12.3. The highest BCUT2D eigenvalue weighted by Crippen LogP contribution is 2.14. The fourth-order valence-corrected chi connectivity index (χ4v) is 3.12. The van der Waals surface area contributed by atoms with Gasteiger partial charge in [-0.25, -0.2) is 4.68 Å². The summed E-state index contributed by atoms with van der Waals surface area (Å²) in [6, 6.07) is 13.6. The molecule has 6 heteroatoms. The second-order valence-corrected chi connectivity index (χ2v) is 6.38. The van der Waals surface area contributed by atoms with Crippen molar-refractivity contribution in [3.8, 4) is 5.69 Å². The molecule has 0 fully saturated rings. The normalized spacial score (nSPS) is 10.7. The quantitative estimate of drug-likeness (QED) is 0.669. The highest BCUT2D eigenvalue weighted by atomic mass is 32.2. The van der Waals surface area contributed by atoms with Gasteiger partial charge in [0.15, 0.2) is 0 Å². The Balaban J connectivity index is 1.51. The first-order valence-corrected chi connectivity index (χ1v) is 8.89. The summed E-state index contributed by atoms with van der Waals surface area (Å²) in [6.45, 7) is 2.51. The van der Waals surface area contributed by atoms with Gasteiger partial charge in [0, 0.05) is 12.3 Å². The predicted molar refractivity (Wildman–Crippen MR) is 95.5 cm³/mol. The number of aromatic nitrogens is 2. The minimum Gasteiger partial charge on any atom is -0.468 e. The SMILES string of the molecule is Cc1c(C(=O)NCCSCc2ccco2)cnn1-c1ccccc1. The number of rotatable bonds is 7. The smallest absolute Gasteiger partial charge is 0.254 e. The zero-order chi connectivity index (χ0) is 16.8. The number of hydrogen-bond acceptors (Lipinski definition) is 4. The van der Waals surface area contributed by atoms with Crippen molar-refractivity contribution in [2.75, 3.05) is 12.3 Å². The Morgan fingerprint density at radius 1 is 1.25 bits per heavy atom. The van der Waals surface area contributed by atoms with Crippen LogP contribution in [0.4, 0.5) is 0 Å². The van der Waals surface area contributed by atoms with Gasteiger partial charge in [0.25, 0.3) is 5.91 Å². The van der Waals surface area contributed by atoms with Crippen LogP contribution in [-0.2, 0) is 5.75 Å². The van der Waals surface area contributed by atoms with Crippen LogP contribution in [0.15, 0.2) is 59.3 Å². The molecule has 0 aliphatic heterocycles. The molecular formula is C18H19N3O2S. The molecule has 24 heavy (non-hydrogen) atoms. The summed E-state index contributed by atoms with van der Waals surface area (Å²) in [4.78, 5) is 12.3. The lowest BCUT2D eigenvalue weighted by molar-refractivity contribution is 0.0955. The summed E-state index contributed by atoms with van der Waals surface area (Å²) in [5, 5.41) is 7.26. The van der Waals surface area contributed by atoms with Gasteiger partial charge in [0.2, 0.25) is 0 Å². The van der Waals surface area contributed by atoms with Crippen LogP contribution in [-0.4, -0.2) is 28.0 Å². The molecule has 0 radical (unpaired) electrons. The Kier molecular flexibility index (Phi) is 5.38. The van der Waals surface area contributed by atoms with E-state index in [4.69, 9.17) is 4.42 Å². The summed E-state index contributed by atoms with van der Waals surface area (Å²) in [6.07, 6.45) is 3.29. The summed E-state index contributed by atoms with van der Waals surface area (Å²) in [5.74, 6) is 2.51. The van der Waals surface area contributed by atoms with E-state index in [1.54, 1.807) is 28.9 Å². The first-order valence-electron chi connectivity index (χ1n) is 7.74. The molecule has 0 aliphatic carbocycles. The van der Waals surface area contributed by atoms with E-state index >= 15 is 0 Å². The number of benzene rings is 1. The average molecular weight is 341 g/mol. The van der Waals surface area contributed by atoms with Crippen LogP contribution in [0, 0.1) is 6.92 Å². The molecule has 3 aromatic rings. The standard InChI is InChI=1S/C18H19N3O2S/c1-14-17(12-20-21(14)15-6-3-2-4-7-15)18(22)19-9-11-24-13-16-8-5-10-23-16/h2-8,10,12H,9,11,13H2,1H3,(H,19,22). The number of thioether (sulfide) groups is 1. The second kappa shape index (κ2) is 7.88. The van der Waals surface area contributed by atoms with Crippen LogP contribution < -0.4 is 5.32 Å². The van der Waals surface area contributed by atoms with Crippen LogP contribution in [0.1, 0.15) is 21.8 Å². The third-order valence-corrected chi connectivity index (χ3v) is 4.59. The molecule has 1 amide bonds. The van der Waals surface area contributed by atoms with Crippen LogP contribution in [0.25, 0.3) is 5.69 Å². The lowest BCUT2D eigenvalue weighted by atomic mass is 10.2. The molecule has 0 unspecified atom stereocenters. The van der Waals surface area contributed by atoms with Gasteiger partial charge >= 0.3 is 0 Å². The minimum atomic E-state index is -0.0896. The van der Waals surface area contributed by atoms with Gasteiger partial charge in [-0.2, -0.15) is 16.9 Å². The number of amides is 1. The molecule has 0 saturated carbocycles. The van der Waals surface area contributed by atoms with Gasteiger partial charge in [-0.15, -0.1) is 0 Å². The van der Waals surface area contributed by atoms with Gasteiger partial charge in [0.05, 0.1) is 35.2 Å². The Morgan fingerprint density at radius 2 is 2.08 bits per heavy atom. The van der Waals surface area contributed by atoms with Gasteiger partial charge in [-0.3, -0.25) is 4.79 Å². The molecule has 2 aromatic heterocycles. The van der Waals surface area contributed by atoms with Crippen LogP contribution in [0.2, 0.25) is 0 Å². The maximum Gasteiger partial charge on any atom is 0.254 e. The first kappa shape index (κ1) is 16.4. The van der Waals surface area contributed by atoms with Gasteiger partial charge in [0.1, 0.15) is 5.76 Å². The van der Waals surface area contributed by atoms with Crippen molar-refractivity contribution in [3.05, 3.63) is 71.9 Å². The van der Waals surface area contributed by atoms with E-state index in [1.165, 1.54) is 0 Å². The van der Waals surface area contributed by atoms with E-state index in [-0.39, 0.29) is 5.91 Å². The maximum atomic E-state index is 12.3. The number of carbonyl (C=O) groups excluding carboxylic acids is 1. The second-order valence-electron chi connectivity index (χ2n) is 5.28. The van der Waals surface area contributed by atoms with E-state index in [0.29, 0.717) is 12.1 Å². The molecule has 0 atom stereocenters. The van der Waals surface area contributed by atoms with Crippen molar-refractivity contribution in [2.45, 2.75) is 12.7 Å². The molecule has 5 nitrogen and oxygen atoms in total. The molecular weight excluding hydrogens is 322 g/mol.